The highest BCUT2D eigenvalue weighted by molar-refractivity contribution is 5.97. The van der Waals surface area contributed by atoms with Gasteiger partial charge in [-0.15, -0.1) is 0 Å². The number of aryl methyl sites for hydroxylation is 3. The van der Waals surface area contributed by atoms with E-state index >= 15 is 0 Å². The van der Waals surface area contributed by atoms with Crippen LogP contribution in [0, 0.1) is 13.8 Å². The van der Waals surface area contributed by atoms with Gasteiger partial charge in [0.15, 0.2) is 5.65 Å². The van der Waals surface area contributed by atoms with Crippen molar-refractivity contribution >= 4 is 17.1 Å². The number of hydrogen-bond acceptors (Lipinski definition) is 4. The van der Waals surface area contributed by atoms with Crippen LogP contribution in [0.25, 0.3) is 22.3 Å². The predicted molar refractivity (Wildman–Crippen MR) is 123 cm³/mol. The maximum absolute atomic E-state index is 12.1. The largest absolute Gasteiger partial charge is 0.465 e. The molecule has 5 nitrogen and oxygen atoms in total. The Balaban J connectivity index is 1.70. The molecule has 0 saturated carbocycles. The van der Waals surface area contributed by atoms with Crippen LogP contribution >= 0.6 is 0 Å². The van der Waals surface area contributed by atoms with E-state index in [1.807, 2.05) is 25.1 Å². The lowest BCUT2D eigenvalue weighted by Crippen LogP contribution is -2.06. The van der Waals surface area contributed by atoms with E-state index in [0.717, 1.165) is 57.8 Å². The molecule has 0 aliphatic carbocycles. The van der Waals surface area contributed by atoms with Crippen molar-refractivity contribution in [2.24, 2.45) is 0 Å². The lowest BCUT2D eigenvalue weighted by molar-refractivity contribution is 0.0601. The van der Waals surface area contributed by atoms with Gasteiger partial charge in [0.1, 0.15) is 11.3 Å². The Morgan fingerprint density at radius 3 is 2.48 bits per heavy atom. The summed E-state index contributed by atoms with van der Waals surface area (Å²) in [5.41, 5.74) is 7.68. The van der Waals surface area contributed by atoms with Crippen molar-refractivity contribution in [2.75, 3.05) is 7.11 Å². The van der Waals surface area contributed by atoms with Crippen LogP contribution in [-0.4, -0.2) is 27.6 Å². The highest BCUT2D eigenvalue weighted by Crippen LogP contribution is 2.26. The van der Waals surface area contributed by atoms with Crippen LogP contribution < -0.4 is 0 Å². The number of carbonyl (C=O) groups is 1. The molecule has 0 radical (unpaired) electrons. The van der Waals surface area contributed by atoms with Crippen molar-refractivity contribution in [1.82, 2.24) is 14.5 Å². The summed E-state index contributed by atoms with van der Waals surface area (Å²) in [5.74, 6) is 0.740. The molecule has 4 rings (SSSR count). The molecule has 0 amide bonds. The van der Waals surface area contributed by atoms with Crippen LogP contribution in [0.5, 0.6) is 0 Å². The van der Waals surface area contributed by atoms with Gasteiger partial charge in [-0.3, -0.25) is 0 Å². The second-order valence-corrected chi connectivity index (χ2v) is 7.85. The maximum atomic E-state index is 12.1. The average molecular weight is 414 g/mol. The first-order valence-corrected chi connectivity index (χ1v) is 10.6. The molecule has 0 saturated heterocycles. The molecule has 0 aliphatic heterocycles. The lowest BCUT2D eigenvalue weighted by Gasteiger charge is -2.11. The number of benzene rings is 2. The highest BCUT2D eigenvalue weighted by atomic mass is 16.5. The van der Waals surface area contributed by atoms with E-state index < -0.39 is 0 Å². The number of ether oxygens (including phenoxy) is 1. The second kappa shape index (κ2) is 8.72. The molecule has 0 aliphatic rings. The molecule has 0 fully saturated rings. The minimum atomic E-state index is -0.328. The number of methoxy groups -OCH3 is 1. The highest BCUT2D eigenvalue weighted by Gasteiger charge is 2.15. The van der Waals surface area contributed by atoms with Crippen molar-refractivity contribution in [3.8, 4) is 11.1 Å². The Labute approximate surface area is 182 Å². The fourth-order valence-electron chi connectivity index (χ4n) is 4.02. The summed E-state index contributed by atoms with van der Waals surface area (Å²) >= 11 is 0. The zero-order chi connectivity index (χ0) is 22.0. The number of aromatic nitrogens is 3. The van der Waals surface area contributed by atoms with Gasteiger partial charge in [-0.25, -0.2) is 14.8 Å². The summed E-state index contributed by atoms with van der Waals surface area (Å²) in [7, 11) is 1.41. The zero-order valence-corrected chi connectivity index (χ0v) is 18.5. The number of fused-ring (bicyclic) bond motifs is 1. The fraction of sp³-hybridized carbons (Fsp3) is 0.269. The van der Waals surface area contributed by atoms with Gasteiger partial charge >= 0.3 is 5.97 Å². The second-order valence-electron chi connectivity index (χ2n) is 7.85. The molecule has 0 atom stereocenters. The smallest absolute Gasteiger partial charge is 0.338 e. The number of rotatable bonds is 6. The van der Waals surface area contributed by atoms with Crippen LogP contribution in [0.15, 0.2) is 54.6 Å². The Morgan fingerprint density at radius 1 is 1.03 bits per heavy atom. The quantitative estimate of drug-likeness (QED) is 0.392. The monoisotopic (exact) mass is 413 g/mol. The van der Waals surface area contributed by atoms with Gasteiger partial charge in [0.05, 0.1) is 19.2 Å². The number of pyridine rings is 1. The Morgan fingerprint density at radius 2 is 1.77 bits per heavy atom. The van der Waals surface area contributed by atoms with E-state index in [2.05, 4.69) is 48.7 Å². The van der Waals surface area contributed by atoms with Crippen molar-refractivity contribution in [3.05, 3.63) is 82.8 Å². The SMILES string of the molecule is CCCc1nc2c(C)cc(C)nc2n1Cc1ccc(-c2ccccc2C(=O)OC)cc1. The number of imidazole rings is 1. The van der Waals surface area contributed by atoms with Crippen molar-refractivity contribution in [3.63, 3.8) is 0 Å². The van der Waals surface area contributed by atoms with Crippen molar-refractivity contribution in [2.45, 2.75) is 40.2 Å². The summed E-state index contributed by atoms with van der Waals surface area (Å²) < 4.78 is 7.16. The molecule has 158 valence electrons. The van der Waals surface area contributed by atoms with E-state index in [4.69, 9.17) is 14.7 Å². The van der Waals surface area contributed by atoms with Gasteiger partial charge in [0, 0.05) is 12.1 Å². The standard InChI is InChI=1S/C26H27N3O2/c1-5-8-23-28-24-17(2)15-18(3)27-25(24)29(23)16-19-11-13-20(14-12-19)21-9-6-7-10-22(21)26(30)31-4/h6-7,9-15H,5,8,16H2,1-4H3. The lowest BCUT2D eigenvalue weighted by atomic mass is 9.98. The Bertz CT molecular complexity index is 1240. The number of esters is 1. The van der Waals surface area contributed by atoms with Crippen LogP contribution in [0.4, 0.5) is 0 Å². The van der Waals surface area contributed by atoms with Crippen molar-refractivity contribution < 1.29 is 9.53 Å². The number of nitrogens with zero attached hydrogens (tertiary/aromatic N) is 3. The maximum Gasteiger partial charge on any atom is 0.338 e. The van der Waals surface area contributed by atoms with E-state index in [0.29, 0.717) is 12.1 Å². The van der Waals surface area contributed by atoms with Crippen LogP contribution in [0.1, 0.15) is 46.3 Å². The third kappa shape index (κ3) is 4.08. The summed E-state index contributed by atoms with van der Waals surface area (Å²) in [5, 5.41) is 0. The molecule has 2 aromatic carbocycles. The summed E-state index contributed by atoms with van der Waals surface area (Å²) in [6.07, 6.45) is 1.95. The fourth-order valence-corrected chi connectivity index (χ4v) is 4.02. The van der Waals surface area contributed by atoms with E-state index in [1.165, 1.54) is 7.11 Å². The van der Waals surface area contributed by atoms with Gasteiger partial charge in [0.2, 0.25) is 0 Å². The first-order valence-electron chi connectivity index (χ1n) is 10.6. The van der Waals surface area contributed by atoms with E-state index in [-0.39, 0.29) is 5.97 Å². The van der Waals surface area contributed by atoms with E-state index in [9.17, 15) is 4.79 Å². The normalized spacial score (nSPS) is 11.1. The van der Waals surface area contributed by atoms with Gasteiger partial charge in [-0.1, -0.05) is 49.4 Å². The van der Waals surface area contributed by atoms with Gasteiger partial charge in [0.25, 0.3) is 0 Å². The van der Waals surface area contributed by atoms with Gasteiger partial charge < -0.3 is 9.30 Å². The third-order valence-corrected chi connectivity index (χ3v) is 5.51. The molecule has 0 unspecified atom stereocenters. The molecule has 5 heteroatoms. The predicted octanol–water partition coefficient (Wildman–Crippen LogP) is 5.50. The minimum absolute atomic E-state index is 0.328. The summed E-state index contributed by atoms with van der Waals surface area (Å²) in [6.45, 7) is 7.00. The molecule has 4 aromatic rings. The molecular formula is C26H27N3O2. The molecule has 2 aromatic heterocycles. The molecule has 0 spiro atoms. The van der Waals surface area contributed by atoms with E-state index in [1.54, 1.807) is 6.07 Å². The number of hydrogen-bond donors (Lipinski definition) is 0. The molecule has 2 heterocycles. The first-order chi connectivity index (χ1) is 15.0. The molecule has 31 heavy (non-hydrogen) atoms. The summed E-state index contributed by atoms with van der Waals surface area (Å²) in [4.78, 5) is 21.8. The van der Waals surface area contributed by atoms with Crippen LogP contribution in [0.2, 0.25) is 0 Å². The van der Waals surface area contributed by atoms with Gasteiger partial charge in [-0.05, 0) is 54.7 Å². The van der Waals surface area contributed by atoms with Crippen LogP contribution in [-0.2, 0) is 17.7 Å². The van der Waals surface area contributed by atoms with Crippen molar-refractivity contribution in [1.29, 1.82) is 0 Å². The van der Waals surface area contributed by atoms with Crippen LogP contribution in [0.3, 0.4) is 0 Å². The summed E-state index contributed by atoms with van der Waals surface area (Å²) in [6, 6.07) is 17.9. The average Bonchev–Trinajstić information content (AvgIpc) is 3.11. The topological polar surface area (TPSA) is 57.0 Å². The Kier molecular flexibility index (Phi) is 5.85. The minimum Gasteiger partial charge on any atom is -0.465 e. The molecule has 0 bridgehead atoms. The van der Waals surface area contributed by atoms with Gasteiger partial charge in [-0.2, -0.15) is 0 Å². The first kappa shape index (κ1) is 20.8. The molecular weight excluding hydrogens is 386 g/mol. The zero-order valence-electron chi connectivity index (χ0n) is 18.5. The molecule has 0 N–H and O–H groups in total. The third-order valence-electron chi connectivity index (χ3n) is 5.51. The number of carbonyl (C=O) groups excluding carboxylic acids is 1. The Hall–Kier alpha value is -3.47.